The first-order valence-corrected chi connectivity index (χ1v) is 9.35. The van der Waals surface area contributed by atoms with Gasteiger partial charge in [0.15, 0.2) is 11.5 Å². The average Bonchev–Trinajstić information content (AvgIpc) is 2.53. The molecule has 7 nitrogen and oxygen atoms in total. The van der Waals surface area contributed by atoms with Crippen molar-refractivity contribution in [1.29, 1.82) is 0 Å². The van der Waals surface area contributed by atoms with E-state index in [0.717, 1.165) is 17.4 Å². The van der Waals surface area contributed by atoms with Gasteiger partial charge in [0.25, 0.3) is 0 Å². The van der Waals surface area contributed by atoms with Crippen molar-refractivity contribution in [2.45, 2.75) is 13.0 Å². The molecule has 0 aromatic heterocycles. The van der Waals surface area contributed by atoms with Gasteiger partial charge in [-0.2, -0.15) is 0 Å². The van der Waals surface area contributed by atoms with E-state index in [9.17, 15) is 18.3 Å². The molecule has 0 fully saturated rings. The smallest absolute Gasteiger partial charge is 0.229 e. The number of rotatable bonds is 7. The van der Waals surface area contributed by atoms with Crippen molar-refractivity contribution in [3.05, 3.63) is 53.6 Å². The van der Waals surface area contributed by atoms with E-state index in [0.29, 0.717) is 11.4 Å². The number of phenolic OH excluding ortho intramolecular Hbond substituents is 1. The molecule has 8 heteroatoms. The zero-order valence-corrected chi connectivity index (χ0v) is 14.8. The molecule has 25 heavy (non-hydrogen) atoms. The molecule has 0 spiro atoms. The molecule has 0 saturated carbocycles. The lowest BCUT2D eigenvalue weighted by Gasteiger charge is -2.09. The normalized spacial score (nSPS) is 11.0. The van der Waals surface area contributed by atoms with Gasteiger partial charge in [-0.25, -0.2) is 8.42 Å². The predicted molar refractivity (Wildman–Crippen MR) is 95.1 cm³/mol. The highest BCUT2D eigenvalue weighted by atomic mass is 32.2. The molecule has 2 aromatic rings. The molecule has 0 aliphatic rings. The monoisotopic (exact) mass is 364 g/mol. The first-order chi connectivity index (χ1) is 11.8. The Kier molecular flexibility index (Phi) is 5.87. The number of methoxy groups -OCH3 is 1. The number of nitrogens with one attached hydrogen (secondary N) is 2. The van der Waals surface area contributed by atoms with E-state index in [1.54, 1.807) is 36.4 Å². The predicted octanol–water partition coefficient (Wildman–Crippen LogP) is 1.63. The number of sulfonamides is 1. The van der Waals surface area contributed by atoms with Crippen LogP contribution in [0, 0.1) is 0 Å². The van der Waals surface area contributed by atoms with Crippen LogP contribution in [-0.4, -0.2) is 32.8 Å². The molecule has 0 radical (unpaired) electrons. The zero-order chi connectivity index (χ0) is 18.4. The number of hydrogen-bond donors (Lipinski definition) is 3. The second kappa shape index (κ2) is 7.89. The van der Waals surface area contributed by atoms with E-state index >= 15 is 0 Å². The Morgan fingerprint density at radius 1 is 1.12 bits per heavy atom. The molecular weight excluding hydrogens is 344 g/mol. The maximum Gasteiger partial charge on any atom is 0.229 e. The van der Waals surface area contributed by atoms with E-state index < -0.39 is 10.0 Å². The number of amides is 1. The Bertz CT molecular complexity index is 848. The highest BCUT2D eigenvalue weighted by Crippen LogP contribution is 2.26. The minimum absolute atomic E-state index is 0.0169. The summed E-state index contributed by atoms with van der Waals surface area (Å²) in [6, 6.07) is 11.5. The van der Waals surface area contributed by atoms with Crippen molar-refractivity contribution in [3.8, 4) is 11.5 Å². The van der Waals surface area contributed by atoms with Gasteiger partial charge in [-0.1, -0.05) is 18.2 Å². The molecule has 0 aliphatic carbocycles. The molecule has 134 valence electrons. The number of hydrogen-bond acceptors (Lipinski definition) is 5. The van der Waals surface area contributed by atoms with Crippen LogP contribution in [0.4, 0.5) is 5.69 Å². The Hall–Kier alpha value is -2.74. The molecule has 0 unspecified atom stereocenters. The maximum atomic E-state index is 12.0. The Morgan fingerprint density at radius 3 is 2.32 bits per heavy atom. The third-order valence-electron chi connectivity index (χ3n) is 3.35. The van der Waals surface area contributed by atoms with Crippen LogP contribution in [0.15, 0.2) is 42.5 Å². The van der Waals surface area contributed by atoms with E-state index in [-0.39, 0.29) is 24.6 Å². The average molecular weight is 364 g/mol. The van der Waals surface area contributed by atoms with Gasteiger partial charge >= 0.3 is 0 Å². The number of anilines is 1. The summed E-state index contributed by atoms with van der Waals surface area (Å²) in [6.45, 7) is 0.282. The quantitative estimate of drug-likeness (QED) is 0.693. The Morgan fingerprint density at radius 2 is 1.76 bits per heavy atom. The number of carbonyl (C=O) groups excluding carboxylic acids is 1. The SMILES string of the molecule is COc1ccc(CNC(=O)Cc2ccc(NS(C)(=O)=O)cc2)cc1O. The van der Waals surface area contributed by atoms with Gasteiger partial charge in [-0.15, -0.1) is 0 Å². The molecular formula is C17H20N2O5S. The van der Waals surface area contributed by atoms with Crippen LogP contribution in [0.3, 0.4) is 0 Å². The van der Waals surface area contributed by atoms with Crippen molar-refractivity contribution in [2.24, 2.45) is 0 Å². The lowest BCUT2D eigenvalue weighted by atomic mass is 10.1. The van der Waals surface area contributed by atoms with Crippen molar-refractivity contribution < 1.29 is 23.1 Å². The van der Waals surface area contributed by atoms with Gasteiger partial charge < -0.3 is 15.2 Å². The third-order valence-corrected chi connectivity index (χ3v) is 3.96. The minimum Gasteiger partial charge on any atom is -0.504 e. The zero-order valence-electron chi connectivity index (χ0n) is 13.9. The fourth-order valence-electron chi connectivity index (χ4n) is 2.20. The van der Waals surface area contributed by atoms with Crippen molar-refractivity contribution in [1.82, 2.24) is 5.32 Å². The van der Waals surface area contributed by atoms with Crippen molar-refractivity contribution in [3.63, 3.8) is 0 Å². The van der Waals surface area contributed by atoms with Crippen LogP contribution in [0.2, 0.25) is 0 Å². The summed E-state index contributed by atoms with van der Waals surface area (Å²) >= 11 is 0. The summed E-state index contributed by atoms with van der Waals surface area (Å²) < 4.78 is 29.6. The van der Waals surface area contributed by atoms with E-state index in [1.165, 1.54) is 13.2 Å². The molecule has 3 N–H and O–H groups in total. The molecule has 1 amide bonds. The van der Waals surface area contributed by atoms with Crippen LogP contribution in [-0.2, 0) is 27.8 Å². The van der Waals surface area contributed by atoms with Crippen LogP contribution in [0.5, 0.6) is 11.5 Å². The summed E-state index contributed by atoms with van der Waals surface area (Å²) in [6.07, 6.45) is 1.24. The first kappa shape index (κ1) is 18.6. The van der Waals surface area contributed by atoms with Gasteiger partial charge in [-0.3, -0.25) is 9.52 Å². The van der Waals surface area contributed by atoms with Crippen LogP contribution in [0.1, 0.15) is 11.1 Å². The largest absolute Gasteiger partial charge is 0.504 e. The second-order valence-corrected chi connectivity index (χ2v) is 7.28. The molecule has 0 saturated heterocycles. The topological polar surface area (TPSA) is 105 Å². The highest BCUT2D eigenvalue weighted by molar-refractivity contribution is 7.92. The summed E-state index contributed by atoms with van der Waals surface area (Å²) in [5, 5.41) is 12.5. The number of phenols is 1. The van der Waals surface area contributed by atoms with E-state index in [2.05, 4.69) is 10.0 Å². The van der Waals surface area contributed by atoms with Crippen molar-refractivity contribution >= 4 is 21.6 Å². The lowest BCUT2D eigenvalue weighted by molar-refractivity contribution is -0.120. The summed E-state index contributed by atoms with van der Waals surface area (Å²) in [5.74, 6) is 0.209. The second-order valence-electron chi connectivity index (χ2n) is 5.53. The molecule has 2 aromatic carbocycles. The lowest BCUT2D eigenvalue weighted by Crippen LogP contribution is -2.24. The number of carbonyl (C=O) groups is 1. The Labute approximate surface area is 146 Å². The third kappa shape index (κ3) is 6.00. The van der Waals surface area contributed by atoms with Crippen LogP contribution in [0.25, 0.3) is 0 Å². The molecule has 0 aliphatic heterocycles. The minimum atomic E-state index is -3.32. The van der Waals surface area contributed by atoms with Crippen LogP contribution < -0.4 is 14.8 Å². The molecule has 0 heterocycles. The molecule has 0 atom stereocenters. The highest BCUT2D eigenvalue weighted by Gasteiger charge is 2.07. The Balaban J connectivity index is 1.88. The van der Waals surface area contributed by atoms with E-state index in [4.69, 9.17) is 4.74 Å². The molecule has 0 bridgehead atoms. The van der Waals surface area contributed by atoms with Crippen molar-refractivity contribution in [2.75, 3.05) is 18.1 Å². The first-order valence-electron chi connectivity index (χ1n) is 7.46. The van der Waals surface area contributed by atoms with Gasteiger partial charge in [0.2, 0.25) is 15.9 Å². The van der Waals surface area contributed by atoms with E-state index in [1.807, 2.05) is 0 Å². The fraction of sp³-hybridized carbons (Fsp3) is 0.235. The van der Waals surface area contributed by atoms with Crippen LogP contribution >= 0.6 is 0 Å². The number of ether oxygens (including phenoxy) is 1. The fourth-order valence-corrected chi connectivity index (χ4v) is 2.76. The van der Waals surface area contributed by atoms with Gasteiger partial charge in [0.1, 0.15) is 0 Å². The van der Waals surface area contributed by atoms with Gasteiger partial charge in [-0.05, 0) is 35.4 Å². The number of aromatic hydroxyl groups is 1. The number of benzene rings is 2. The molecule has 2 rings (SSSR count). The van der Waals surface area contributed by atoms with Gasteiger partial charge in [0.05, 0.1) is 19.8 Å². The standard InChI is InChI=1S/C17H20N2O5S/c1-24-16-8-5-13(9-15(16)20)11-18-17(21)10-12-3-6-14(7-4-12)19-25(2,22)23/h3-9,19-20H,10-11H2,1-2H3,(H,18,21). The maximum absolute atomic E-state index is 12.0. The summed E-state index contributed by atoms with van der Waals surface area (Å²) in [7, 11) is -1.85. The summed E-state index contributed by atoms with van der Waals surface area (Å²) in [4.78, 5) is 12.0. The summed E-state index contributed by atoms with van der Waals surface area (Å²) in [5.41, 5.74) is 1.95. The van der Waals surface area contributed by atoms with Gasteiger partial charge in [0, 0.05) is 12.2 Å².